The van der Waals surface area contributed by atoms with Crippen LogP contribution in [0.3, 0.4) is 0 Å². The minimum Gasteiger partial charge on any atom is -0.437 e. The van der Waals surface area contributed by atoms with Crippen molar-refractivity contribution >= 4 is 5.65 Å². The first-order valence-electron chi connectivity index (χ1n) is 6.37. The molecular weight excluding hydrogens is 311 g/mol. The number of aromatic nitrogens is 4. The third-order valence-corrected chi connectivity index (χ3v) is 3.01. The van der Waals surface area contributed by atoms with Gasteiger partial charge in [0.2, 0.25) is 5.88 Å². The average Bonchev–Trinajstić information content (AvgIpc) is 2.92. The van der Waals surface area contributed by atoms with E-state index in [0.717, 1.165) is 0 Å². The Morgan fingerprint density at radius 3 is 2.61 bits per heavy atom. The molecule has 3 rings (SSSR count). The molecule has 0 N–H and O–H groups in total. The highest BCUT2D eigenvalue weighted by Crippen LogP contribution is 2.29. The van der Waals surface area contributed by atoms with E-state index in [1.165, 1.54) is 12.1 Å². The zero-order valence-electron chi connectivity index (χ0n) is 11.7. The molecule has 0 fully saturated rings. The van der Waals surface area contributed by atoms with Crippen LogP contribution in [-0.4, -0.2) is 19.8 Å². The lowest BCUT2D eigenvalue weighted by atomic mass is 10.1. The number of aryl methyl sites for hydroxylation is 1. The van der Waals surface area contributed by atoms with Gasteiger partial charge in [-0.15, -0.1) is 15.3 Å². The molecule has 116 valence electrons. The maximum atomic E-state index is 12.8. The van der Waals surface area contributed by atoms with Gasteiger partial charge in [0.25, 0.3) is 5.82 Å². The summed E-state index contributed by atoms with van der Waals surface area (Å²) in [5.74, 6) is -0.886. The number of alkyl halides is 3. The molecule has 9 heteroatoms. The molecule has 0 bridgehead atoms. The molecule has 6 nitrogen and oxygen atoms in total. The van der Waals surface area contributed by atoms with Gasteiger partial charge in [-0.3, -0.25) is 0 Å². The van der Waals surface area contributed by atoms with Crippen molar-refractivity contribution in [2.75, 3.05) is 0 Å². The van der Waals surface area contributed by atoms with Gasteiger partial charge in [-0.25, -0.2) is 0 Å². The van der Waals surface area contributed by atoms with E-state index in [4.69, 9.17) is 10.00 Å². The van der Waals surface area contributed by atoms with E-state index < -0.39 is 12.0 Å². The Hall–Kier alpha value is -3.15. The van der Waals surface area contributed by atoms with Crippen molar-refractivity contribution in [3.05, 3.63) is 47.3 Å². The molecule has 2 heterocycles. The fourth-order valence-corrected chi connectivity index (χ4v) is 1.95. The first-order chi connectivity index (χ1) is 10.9. The van der Waals surface area contributed by atoms with Gasteiger partial charge >= 0.3 is 6.18 Å². The van der Waals surface area contributed by atoms with E-state index in [-0.39, 0.29) is 11.5 Å². The summed E-state index contributed by atoms with van der Waals surface area (Å²) in [4.78, 5) is 0. The molecule has 3 aromatic rings. The third kappa shape index (κ3) is 2.78. The first-order valence-corrected chi connectivity index (χ1v) is 6.37. The number of ether oxygens (including phenoxy) is 1. The first kappa shape index (κ1) is 14.8. The minimum atomic E-state index is -4.67. The van der Waals surface area contributed by atoms with Crippen LogP contribution in [0, 0.1) is 18.3 Å². The van der Waals surface area contributed by atoms with Crippen LogP contribution in [0.1, 0.15) is 17.0 Å². The van der Waals surface area contributed by atoms with E-state index in [0.29, 0.717) is 21.4 Å². The Morgan fingerprint density at radius 1 is 1.17 bits per heavy atom. The lowest BCUT2D eigenvalue weighted by Gasteiger charge is -2.09. The van der Waals surface area contributed by atoms with Crippen LogP contribution >= 0.6 is 0 Å². The van der Waals surface area contributed by atoms with Gasteiger partial charge in [0, 0.05) is 6.07 Å². The van der Waals surface area contributed by atoms with Crippen LogP contribution in [0.4, 0.5) is 13.2 Å². The number of nitrogens with zero attached hydrogens (tertiary/aromatic N) is 5. The van der Waals surface area contributed by atoms with Crippen molar-refractivity contribution in [3.8, 4) is 17.7 Å². The van der Waals surface area contributed by atoms with Crippen molar-refractivity contribution in [3.63, 3.8) is 0 Å². The molecule has 0 saturated heterocycles. The second kappa shape index (κ2) is 5.24. The summed E-state index contributed by atoms with van der Waals surface area (Å²) in [6, 6.07) is 9.40. The summed E-state index contributed by atoms with van der Waals surface area (Å²) in [5.41, 5.74) is 1.07. The topological polar surface area (TPSA) is 76.1 Å². The lowest BCUT2D eigenvalue weighted by Crippen LogP contribution is -2.12. The molecule has 0 aliphatic heterocycles. The maximum Gasteiger partial charge on any atom is 0.453 e. The van der Waals surface area contributed by atoms with Gasteiger partial charge in [0.1, 0.15) is 5.75 Å². The molecular formula is C14H8F3N5O. The Labute approximate surface area is 127 Å². The Kier molecular flexibility index (Phi) is 3.37. The van der Waals surface area contributed by atoms with Gasteiger partial charge in [-0.05, 0) is 36.8 Å². The van der Waals surface area contributed by atoms with Crippen molar-refractivity contribution in [2.45, 2.75) is 13.1 Å². The minimum absolute atomic E-state index is 0.0405. The summed E-state index contributed by atoms with van der Waals surface area (Å²) >= 11 is 0. The molecule has 0 aliphatic carbocycles. The van der Waals surface area contributed by atoms with E-state index in [9.17, 15) is 13.2 Å². The number of halogens is 3. The Bertz CT molecular complexity index is 926. The highest BCUT2D eigenvalue weighted by Gasteiger charge is 2.37. The summed E-state index contributed by atoms with van der Waals surface area (Å²) < 4.78 is 44.5. The smallest absolute Gasteiger partial charge is 0.437 e. The van der Waals surface area contributed by atoms with E-state index in [2.05, 4.69) is 15.3 Å². The number of fused-ring (bicyclic) bond motifs is 1. The van der Waals surface area contributed by atoms with Crippen LogP contribution in [0.2, 0.25) is 0 Å². The highest BCUT2D eigenvalue weighted by atomic mass is 19.4. The van der Waals surface area contributed by atoms with E-state index in [1.54, 1.807) is 25.1 Å². The van der Waals surface area contributed by atoms with E-state index >= 15 is 0 Å². The average molecular weight is 319 g/mol. The zero-order chi connectivity index (χ0) is 16.6. The number of hydrogen-bond acceptors (Lipinski definition) is 5. The number of rotatable bonds is 2. The summed E-state index contributed by atoms with van der Waals surface area (Å²) in [6.07, 6.45) is -4.67. The normalized spacial score (nSPS) is 11.4. The van der Waals surface area contributed by atoms with E-state index in [1.807, 2.05) is 6.07 Å². The van der Waals surface area contributed by atoms with Crippen molar-refractivity contribution in [1.82, 2.24) is 19.8 Å². The van der Waals surface area contributed by atoms with Crippen LogP contribution in [0.5, 0.6) is 11.6 Å². The maximum absolute atomic E-state index is 12.8. The SMILES string of the molecule is Cc1cc(C#N)ccc1Oc1ccc2nnc(C(F)(F)F)n2n1. The lowest BCUT2D eigenvalue weighted by molar-refractivity contribution is -0.146. The summed E-state index contributed by atoms with van der Waals surface area (Å²) in [5, 5.41) is 19.1. The van der Waals surface area contributed by atoms with Gasteiger partial charge in [-0.2, -0.15) is 22.9 Å². The second-order valence-corrected chi connectivity index (χ2v) is 4.66. The van der Waals surface area contributed by atoms with Crippen molar-refractivity contribution < 1.29 is 17.9 Å². The molecule has 0 radical (unpaired) electrons. The molecule has 0 atom stereocenters. The van der Waals surface area contributed by atoms with Gasteiger partial charge in [0.15, 0.2) is 5.65 Å². The van der Waals surface area contributed by atoms with Crippen LogP contribution in [0.15, 0.2) is 30.3 Å². The number of hydrogen-bond donors (Lipinski definition) is 0. The van der Waals surface area contributed by atoms with Gasteiger partial charge in [-0.1, -0.05) is 0 Å². The predicted octanol–water partition coefficient (Wildman–Crippen LogP) is 3.12. The zero-order valence-corrected chi connectivity index (χ0v) is 11.7. The molecule has 0 spiro atoms. The summed E-state index contributed by atoms with van der Waals surface area (Å²) in [6.45, 7) is 1.72. The van der Waals surface area contributed by atoms with Gasteiger partial charge < -0.3 is 4.74 Å². The van der Waals surface area contributed by atoms with Crippen LogP contribution < -0.4 is 4.74 Å². The number of benzene rings is 1. The molecule has 23 heavy (non-hydrogen) atoms. The van der Waals surface area contributed by atoms with Crippen molar-refractivity contribution in [2.24, 2.45) is 0 Å². The molecule has 2 aromatic heterocycles. The van der Waals surface area contributed by atoms with Gasteiger partial charge in [0.05, 0.1) is 11.6 Å². The fraction of sp³-hybridized carbons (Fsp3) is 0.143. The monoisotopic (exact) mass is 319 g/mol. The molecule has 0 aliphatic rings. The highest BCUT2D eigenvalue weighted by molar-refractivity contribution is 5.43. The molecule has 0 saturated carbocycles. The number of nitriles is 1. The summed E-state index contributed by atoms with van der Waals surface area (Å²) in [7, 11) is 0. The molecule has 1 aromatic carbocycles. The predicted molar refractivity (Wildman–Crippen MR) is 71.8 cm³/mol. The molecule has 0 amide bonds. The van der Waals surface area contributed by atoms with Crippen LogP contribution in [0.25, 0.3) is 5.65 Å². The van der Waals surface area contributed by atoms with Crippen molar-refractivity contribution in [1.29, 1.82) is 5.26 Å². The Balaban J connectivity index is 2.00. The second-order valence-electron chi connectivity index (χ2n) is 4.66. The van der Waals surface area contributed by atoms with Crippen LogP contribution in [-0.2, 0) is 6.18 Å². The molecule has 0 unspecified atom stereocenters. The quantitative estimate of drug-likeness (QED) is 0.725. The third-order valence-electron chi connectivity index (χ3n) is 3.01. The Morgan fingerprint density at radius 2 is 1.96 bits per heavy atom. The largest absolute Gasteiger partial charge is 0.453 e. The standard InChI is InChI=1S/C14H8F3N5O/c1-8-6-9(7-18)2-3-10(8)23-12-5-4-11-19-20-13(14(15,16)17)22(11)21-12/h2-6H,1H3. The fourth-order valence-electron chi connectivity index (χ4n) is 1.95.